The number of carbonyl (C=O) groups excluding carboxylic acids is 1. The summed E-state index contributed by atoms with van der Waals surface area (Å²) in [4.78, 5) is 16.8. The zero-order valence-electron chi connectivity index (χ0n) is 14.3. The van der Waals surface area contributed by atoms with Crippen LogP contribution in [0.1, 0.15) is 16.1 Å². The Morgan fingerprint density at radius 1 is 1.26 bits per heavy atom. The van der Waals surface area contributed by atoms with Crippen molar-refractivity contribution in [2.45, 2.75) is 6.54 Å². The Hall–Kier alpha value is -2.71. The largest absolute Gasteiger partial charge is 0.431 e. The van der Waals surface area contributed by atoms with E-state index < -0.39 is 0 Å². The number of nitrogens with zero attached hydrogens (tertiary/aromatic N) is 3. The molecule has 0 radical (unpaired) electrons. The van der Waals surface area contributed by atoms with Crippen LogP contribution >= 0.6 is 27.3 Å². The summed E-state index contributed by atoms with van der Waals surface area (Å²) in [6, 6.07) is 13.3. The quantitative estimate of drug-likeness (QED) is 0.493. The van der Waals surface area contributed by atoms with Crippen LogP contribution in [-0.2, 0) is 13.6 Å². The molecule has 0 spiro atoms. The van der Waals surface area contributed by atoms with E-state index in [-0.39, 0.29) is 5.91 Å². The molecule has 8 heteroatoms. The molecule has 136 valence electrons. The minimum Gasteiger partial charge on any atom is -0.431 e. The van der Waals surface area contributed by atoms with Crippen LogP contribution in [0.3, 0.4) is 0 Å². The molecule has 1 amide bonds. The van der Waals surface area contributed by atoms with Crippen LogP contribution in [0, 0.1) is 0 Å². The van der Waals surface area contributed by atoms with Crippen molar-refractivity contribution >= 4 is 44.1 Å². The number of aryl methyl sites for hydroxylation is 1. The van der Waals surface area contributed by atoms with Crippen LogP contribution in [0.2, 0.25) is 0 Å². The highest BCUT2D eigenvalue weighted by atomic mass is 79.9. The highest BCUT2D eigenvalue weighted by Crippen LogP contribution is 2.24. The molecule has 0 atom stereocenters. The number of halogens is 1. The maximum Gasteiger partial charge on any atom is 0.278 e. The molecular weight excluding hydrogens is 428 g/mol. The van der Waals surface area contributed by atoms with Crippen molar-refractivity contribution in [1.29, 1.82) is 0 Å². The Labute approximate surface area is 167 Å². The van der Waals surface area contributed by atoms with Crippen molar-refractivity contribution in [3.63, 3.8) is 0 Å². The smallest absolute Gasteiger partial charge is 0.278 e. The maximum absolute atomic E-state index is 12.7. The van der Waals surface area contributed by atoms with Gasteiger partial charge in [-0.2, -0.15) is 5.10 Å². The van der Waals surface area contributed by atoms with Gasteiger partial charge in [0.05, 0.1) is 5.52 Å². The minimum atomic E-state index is -0.162. The molecule has 4 rings (SSSR count). The monoisotopic (exact) mass is 442 g/mol. The Kier molecular flexibility index (Phi) is 4.91. The molecule has 2 heterocycles. The van der Waals surface area contributed by atoms with Crippen LogP contribution in [0.25, 0.3) is 10.9 Å². The number of aromatic nitrogens is 3. The first-order valence-electron chi connectivity index (χ1n) is 8.17. The third-order valence-corrected chi connectivity index (χ3v) is 5.14. The highest BCUT2D eigenvalue weighted by molar-refractivity contribution is 9.10. The van der Waals surface area contributed by atoms with Crippen molar-refractivity contribution in [2.24, 2.45) is 7.05 Å². The fourth-order valence-corrected chi connectivity index (χ4v) is 3.60. The molecule has 2 aromatic carbocycles. The van der Waals surface area contributed by atoms with E-state index in [2.05, 4.69) is 31.3 Å². The van der Waals surface area contributed by atoms with Gasteiger partial charge in [-0.25, -0.2) is 4.98 Å². The molecule has 0 bridgehead atoms. The molecular formula is C19H15BrN4O2S. The van der Waals surface area contributed by atoms with E-state index in [9.17, 15) is 4.79 Å². The Morgan fingerprint density at radius 3 is 2.81 bits per heavy atom. The Morgan fingerprint density at radius 2 is 2.07 bits per heavy atom. The maximum atomic E-state index is 12.7. The van der Waals surface area contributed by atoms with Gasteiger partial charge < -0.3 is 10.1 Å². The average molecular weight is 443 g/mol. The second kappa shape index (κ2) is 7.50. The Bertz CT molecular complexity index is 1090. The van der Waals surface area contributed by atoms with E-state index in [1.807, 2.05) is 47.8 Å². The number of nitrogens with one attached hydrogen (secondary N) is 1. The molecule has 0 fully saturated rings. The van der Waals surface area contributed by atoms with Crippen molar-refractivity contribution in [3.8, 4) is 10.9 Å². The lowest BCUT2D eigenvalue weighted by Crippen LogP contribution is -2.25. The lowest BCUT2D eigenvalue weighted by atomic mass is 10.2. The SMILES string of the molecule is Cn1nc2cc(Br)ccc2c1C(=O)NCc1ccc(Oc2nccs2)cc1. The number of carbonyl (C=O) groups is 1. The second-order valence-electron chi connectivity index (χ2n) is 5.86. The predicted molar refractivity (Wildman–Crippen MR) is 108 cm³/mol. The number of hydrogen-bond acceptors (Lipinski definition) is 5. The fraction of sp³-hybridized carbons (Fsp3) is 0.105. The topological polar surface area (TPSA) is 69.0 Å². The van der Waals surface area contributed by atoms with Crippen molar-refractivity contribution in [3.05, 3.63) is 69.8 Å². The number of hydrogen-bond donors (Lipinski definition) is 1. The second-order valence-corrected chi connectivity index (χ2v) is 7.63. The molecule has 0 saturated heterocycles. The van der Waals surface area contributed by atoms with Gasteiger partial charge in [-0.15, -0.1) is 0 Å². The normalized spacial score (nSPS) is 10.9. The third-order valence-electron chi connectivity index (χ3n) is 4.00. The number of amides is 1. The summed E-state index contributed by atoms with van der Waals surface area (Å²) in [5.41, 5.74) is 2.30. The summed E-state index contributed by atoms with van der Waals surface area (Å²) in [5.74, 6) is 0.550. The minimum absolute atomic E-state index is 0.162. The molecule has 6 nitrogen and oxygen atoms in total. The van der Waals surface area contributed by atoms with Gasteiger partial charge in [0.25, 0.3) is 11.1 Å². The predicted octanol–water partition coefficient (Wildman–Crippen LogP) is 4.51. The number of benzene rings is 2. The Balaban J connectivity index is 1.44. The first kappa shape index (κ1) is 17.7. The third kappa shape index (κ3) is 3.86. The molecule has 1 N–H and O–H groups in total. The zero-order chi connectivity index (χ0) is 18.8. The molecule has 4 aromatic rings. The van der Waals surface area contributed by atoms with E-state index in [0.717, 1.165) is 20.9 Å². The summed E-state index contributed by atoms with van der Waals surface area (Å²) < 4.78 is 8.18. The fourth-order valence-electron chi connectivity index (χ4n) is 2.75. The zero-order valence-corrected chi connectivity index (χ0v) is 16.8. The summed E-state index contributed by atoms with van der Waals surface area (Å²) >= 11 is 4.86. The van der Waals surface area contributed by atoms with Crippen LogP contribution in [0.15, 0.2) is 58.5 Å². The highest BCUT2D eigenvalue weighted by Gasteiger charge is 2.16. The average Bonchev–Trinajstić information content (AvgIpc) is 3.27. The van der Waals surface area contributed by atoms with E-state index in [4.69, 9.17) is 4.74 Å². The van der Waals surface area contributed by atoms with Gasteiger partial charge in [-0.1, -0.05) is 39.4 Å². The summed E-state index contributed by atoms with van der Waals surface area (Å²) in [5, 5.41) is 10.6. The van der Waals surface area contributed by atoms with Gasteiger partial charge in [0.1, 0.15) is 11.4 Å². The van der Waals surface area contributed by atoms with Gasteiger partial charge in [0, 0.05) is 35.0 Å². The van der Waals surface area contributed by atoms with Gasteiger partial charge in [-0.3, -0.25) is 9.48 Å². The van der Waals surface area contributed by atoms with Crippen LogP contribution in [0.5, 0.6) is 10.9 Å². The summed E-state index contributed by atoms with van der Waals surface area (Å²) in [6.45, 7) is 0.416. The van der Waals surface area contributed by atoms with Crippen LogP contribution in [0.4, 0.5) is 0 Å². The molecule has 0 saturated carbocycles. The first-order valence-corrected chi connectivity index (χ1v) is 9.84. The van der Waals surface area contributed by atoms with E-state index in [1.54, 1.807) is 17.9 Å². The van der Waals surface area contributed by atoms with Gasteiger partial charge in [-0.05, 0) is 35.9 Å². The van der Waals surface area contributed by atoms with Gasteiger partial charge >= 0.3 is 0 Å². The lowest BCUT2D eigenvalue weighted by molar-refractivity contribution is 0.0943. The van der Waals surface area contributed by atoms with Crippen molar-refractivity contribution < 1.29 is 9.53 Å². The number of thiazole rings is 1. The molecule has 0 unspecified atom stereocenters. The van der Waals surface area contributed by atoms with Crippen molar-refractivity contribution in [2.75, 3.05) is 0 Å². The van der Waals surface area contributed by atoms with Crippen LogP contribution in [-0.4, -0.2) is 20.7 Å². The molecule has 0 aliphatic carbocycles. The van der Waals surface area contributed by atoms with E-state index >= 15 is 0 Å². The lowest BCUT2D eigenvalue weighted by Gasteiger charge is -2.07. The summed E-state index contributed by atoms with van der Waals surface area (Å²) in [6.07, 6.45) is 1.70. The van der Waals surface area contributed by atoms with E-state index in [1.165, 1.54) is 11.3 Å². The van der Waals surface area contributed by atoms with Crippen molar-refractivity contribution in [1.82, 2.24) is 20.1 Å². The molecule has 27 heavy (non-hydrogen) atoms. The van der Waals surface area contributed by atoms with Gasteiger partial charge in [0.15, 0.2) is 0 Å². The standard InChI is InChI=1S/C19H15BrN4O2S/c1-24-17(15-7-4-13(20)10-16(15)23-24)18(25)22-11-12-2-5-14(6-3-12)26-19-21-8-9-27-19/h2-10H,11H2,1H3,(H,22,25). The molecule has 2 aromatic heterocycles. The van der Waals surface area contributed by atoms with Crippen LogP contribution < -0.4 is 10.1 Å². The van der Waals surface area contributed by atoms with Gasteiger partial charge in [0.2, 0.25) is 0 Å². The first-order chi connectivity index (χ1) is 13.1. The van der Waals surface area contributed by atoms with E-state index in [0.29, 0.717) is 23.2 Å². The molecule has 0 aliphatic rings. The number of fused-ring (bicyclic) bond motifs is 1. The number of rotatable bonds is 5. The number of ether oxygens (including phenoxy) is 1. The summed E-state index contributed by atoms with van der Waals surface area (Å²) in [7, 11) is 1.77. The molecule has 0 aliphatic heterocycles.